The van der Waals surface area contributed by atoms with Crippen LogP contribution in [0, 0.1) is 5.92 Å². The first-order chi connectivity index (χ1) is 13.3. The van der Waals surface area contributed by atoms with E-state index in [9.17, 15) is 24.6 Å². The van der Waals surface area contributed by atoms with Crippen molar-refractivity contribution in [3.63, 3.8) is 0 Å². The van der Waals surface area contributed by atoms with E-state index >= 15 is 0 Å². The second kappa shape index (κ2) is 6.90. The van der Waals surface area contributed by atoms with Crippen LogP contribution in [0.5, 0.6) is 5.75 Å². The summed E-state index contributed by atoms with van der Waals surface area (Å²) in [5, 5.41) is 20.2. The number of aliphatic carboxylic acids is 1. The summed E-state index contributed by atoms with van der Waals surface area (Å²) in [6, 6.07) is 8.91. The number of carboxylic acids is 1. The average molecular weight is 488 g/mol. The molecule has 0 bridgehead atoms. The predicted molar refractivity (Wildman–Crippen MR) is 111 cm³/mol. The molecular formula is C21H13IO6. The zero-order valence-electron chi connectivity index (χ0n) is 14.3. The van der Waals surface area contributed by atoms with Crippen LogP contribution < -0.4 is 5.43 Å². The van der Waals surface area contributed by atoms with Gasteiger partial charge in [-0.1, -0.05) is 18.2 Å². The van der Waals surface area contributed by atoms with Crippen molar-refractivity contribution >= 4 is 43.3 Å². The monoisotopic (exact) mass is 488 g/mol. The number of carbonyl (C=O) groups excluding carboxylic acids is 1. The molecule has 2 atom stereocenters. The molecule has 0 aromatic heterocycles. The van der Waals surface area contributed by atoms with Crippen LogP contribution in [0.25, 0.3) is 22.3 Å². The van der Waals surface area contributed by atoms with Gasteiger partial charge in [0, 0.05) is 57.2 Å². The van der Waals surface area contributed by atoms with E-state index in [2.05, 4.69) is 0 Å². The number of carbonyl (C=O) groups is 2. The normalized spacial score (nSPS) is 19.0. The number of phenols is 1. The molecule has 2 N–H and O–H groups in total. The fourth-order valence-corrected chi connectivity index (χ4v) is 3.92. The Labute approximate surface area is 172 Å². The predicted octanol–water partition coefficient (Wildman–Crippen LogP) is 3.85. The molecule has 0 saturated carbocycles. The molecule has 0 saturated heterocycles. The molecule has 1 heterocycles. The lowest BCUT2D eigenvalue weighted by Gasteiger charge is -2.26. The summed E-state index contributed by atoms with van der Waals surface area (Å²) in [5.41, 5.74) is 1.70. The van der Waals surface area contributed by atoms with Crippen molar-refractivity contribution in [3.05, 3.63) is 76.0 Å². The van der Waals surface area contributed by atoms with Gasteiger partial charge in [-0.2, -0.15) is 0 Å². The summed E-state index contributed by atoms with van der Waals surface area (Å²) in [7, 11) is 0. The van der Waals surface area contributed by atoms with E-state index in [1.165, 1.54) is 30.3 Å². The lowest BCUT2D eigenvalue weighted by atomic mass is 9.77. The van der Waals surface area contributed by atoms with E-state index in [0.29, 0.717) is 33.4 Å². The summed E-state index contributed by atoms with van der Waals surface area (Å²) < 4.78 is 5.55. The van der Waals surface area contributed by atoms with E-state index < -0.39 is 17.8 Å². The Kier molecular flexibility index (Phi) is 4.54. The van der Waals surface area contributed by atoms with Gasteiger partial charge in [0.1, 0.15) is 17.1 Å². The highest BCUT2D eigenvalue weighted by atomic mass is 127. The van der Waals surface area contributed by atoms with Crippen LogP contribution in [-0.2, 0) is 9.59 Å². The highest BCUT2D eigenvalue weighted by Crippen LogP contribution is 2.43. The molecular weight excluding hydrogens is 475 g/mol. The van der Waals surface area contributed by atoms with Crippen LogP contribution >= 0.6 is 22.6 Å². The Hall–Kier alpha value is -2.94. The zero-order valence-corrected chi connectivity index (χ0v) is 16.4. The largest absolute Gasteiger partial charge is 0.508 e. The van der Waals surface area contributed by atoms with Gasteiger partial charge >= 0.3 is 5.97 Å². The van der Waals surface area contributed by atoms with E-state index in [1.807, 2.05) is 0 Å². The SMILES string of the molecule is O=C(I)C1=CC(C(=O)O)C(c2c3ccc(=O)cc-3oc3cc(O)ccc23)C=C1. The van der Waals surface area contributed by atoms with Gasteiger partial charge < -0.3 is 14.6 Å². The van der Waals surface area contributed by atoms with Gasteiger partial charge in [0.25, 0.3) is 0 Å². The first-order valence-corrected chi connectivity index (χ1v) is 9.45. The molecule has 1 aromatic carbocycles. The molecule has 6 nitrogen and oxygen atoms in total. The van der Waals surface area contributed by atoms with Gasteiger partial charge in [0.15, 0.2) is 5.43 Å². The molecule has 140 valence electrons. The van der Waals surface area contributed by atoms with E-state index in [1.54, 1.807) is 46.9 Å². The number of phenolic OH excluding ortho intramolecular Hbond substituents is 1. The molecule has 0 spiro atoms. The smallest absolute Gasteiger partial charge is 0.311 e. The number of hydrogen-bond donors (Lipinski definition) is 2. The quantitative estimate of drug-likeness (QED) is 0.330. The Morgan fingerprint density at radius 3 is 2.61 bits per heavy atom. The number of benzene rings is 2. The Bertz CT molecular complexity index is 1220. The van der Waals surface area contributed by atoms with Gasteiger partial charge in [0.05, 0.1) is 5.92 Å². The van der Waals surface area contributed by atoms with E-state index in [0.717, 1.165) is 0 Å². The molecule has 7 heteroatoms. The zero-order chi connectivity index (χ0) is 20.0. The maximum absolute atomic E-state index is 12.0. The minimum absolute atomic E-state index is 0.00788. The lowest BCUT2D eigenvalue weighted by Crippen LogP contribution is -2.23. The van der Waals surface area contributed by atoms with Crippen LogP contribution in [0.3, 0.4) is 0 Å². The maximum atomic E-state index is 12.0. The minimum atomic E-state index is -1.06. The molecule has 28 heavy (non-hydrogen) atoms. The second-order valence-electron chi connectivity index (χ2n) is 6.50. The molecule has 0 fully saturated rings. The van der Waals surface area contributed by atoms with Crippen LogP contribution in [-0.4, -0.2) is 20.0 Å². The number of rotatable bonds is 3. The third-order valence-electron chi connectivity index (χ3n) is 4.79. The standard InChI is InChI=1S/C21H13IO6/c22-20(25)10-1-4-13(16(7-10)21(26)27)19-14-5-2-11(23)8-17(14)28-18-9-12(24)3-6-15(18)19/h1-9,13,16,23H,(H,26,27). The summed E-state index contributed by atoms with van der Waals surface area (Å²) >= 11 is 1.62. The van der Waals surface area contributed by atoms with Crippen molar-refractivity contribution in [2.75, 3.05) is 0 Å². The van der Waals surface area contributed by atoms with Gasteiger partial charge in [-0.15, -0.1) is 0 Å². The lowest BCUT2D eigenvalue weighted by molar-refractivity contribution is -0.140. The Morgan fingerprint density at radius 1 is 1.11 bits per heavy atom. The third-order valence-corrected chi connectivity index (χ3v) is 5.42. The topological polar surface area (TPSA) is 105 Å². The first-order valence-electron chi connectivity index (χ1n) is 8.37. The second-order valence-corrected chi connectivity index (χ2v) is 7.48. The summed E-state index contributed by atoms with van der Waals surface area (Å²) in [6.07, 6.45) is 4.76. The molecule has 4 rings (SSSR count). The average Bonchev–Trinajstić information content (AvgIpc) is 2.65. The third kappa shape index (κ3) is 3.11. The number of aromatic hydroxyl groups is 1. The van der Waals surface area contributed by atoms with Gasteiger partial charge in [-0.25, -0.2) is 0 Å². The van der Waals surface area contributed by atoms with Crippen LogP contribution in [0.4, 0.5) is 0 Å². The van der Waals surface area contributed by atoms with Crippen LogP contribution in [0.2, 0.25) is 0 Å². The number of carboxylic acid groups (broad SMARTS) is 1. The van der Waals surface area contributed by atoms with Crippen molar-refractivity contribution < 1.29 is 24.2 Å². The van der Waals surface area contributed by atoms with Gasteiger partial charge in [-0.3, -0.25) is 14.4 Å². The number of halogens is 1. The molecule has 0 amide bonds. The summed E-state index contributed by atoms with van der Waals surface area (Å²) in [4.78, 5) is 35.5. The highest BCUT2D eigenvalue weighted by Gasteiger charge is 2.33. The van der Waals surface area contributed by atoms with Gasteiger partial charge in [0.2, 0.25) is 3.79 Å². The Morgan fingerprint density at radius 2 is 1.89 bits per heavy atom. The molecule has 1 aliphatic heterocycles. The van der Waals surface area contributed by atoms with Crippen LogP contribution in [0.15, 0.2) is 69.4 Å². The highest BCUT2D eigenvalue weighted by molar-refractivity contribution is 14.1. The molecule has 2 aliphatic carbocycles. The van der Waals surface area contributed by atoms with Gasteiger partial charge in [-0.05, 0) is 29.8 Å². The molecule has 1 aromatic rings. The van der Waals surface area contributed by atoms with E-state index in [-0.39, 0.29) is 15.0 Å². The fourth-order valence-electron chi connectivity index (χ4n) is 3.56. The van der Waals surface area contributed by atoms with Crippen molar-refractivity contribution in [1.82, 2.24) is 0 Å². The van der Waals surface area contributed by atoms with Crippen LogP contribution in [0.1, 0.15) is 11.5 Å². The Balaban J connectivity index is 2.04. The fraction of sp³-hybridized carbons (Fsp3) is 0.0952. The molecule has 0 radical (unpaired) electrons. The molecule has 2 unspecified atom stereocenters. The van der Waals surface area contributed by atoms with Crippen molar-refractivity contribution in [1.29, 1.82) is 0 Å². The number of hydrogen-bond acceptors (Lipinski definition) is 5. The minimum Gasteiger partial charge on any atom is -0.508 e. The van der Waals surface area contributed by atoms with Crippen molar-refractivity contribution in [2.45, 2.75) is 5.92 Å². The number of allylic oxidation sites excluding steroid dienone is 3. The van der Waals surface area contributed by atoms with Crippen molar-refractivity contribution in [2.24, 2.45) is 5.92 Å². The number of fused-ring (bicyclic) bond motifs is 2. The maximum Gasteiger partial charge on any atom is 0.311 e. The van der Waals surface area contributed by atoms with E-state index in [4.69, 9.17) is 4.42 Å². The summed E-state index contributed by atoms with van der Waals surface area (Å²) in [5.74, 6) is -2.32. The molecule has 3 aliphatic rings. The van der Waals surface area contributed by atoms with Crippen molar-refractivity contribution in [3.8, 4) is 17.1 Å². The summed E-state index contributed by atoms with van der Waals surface area (Å²) in [6.45, 7) is 0. The first kappa shape index (κ1) is 18.4.